The van der Waals surface area contributed by atoms with Crippen molar-refractivity contribution >= 4 is 16.9 Å². The average Bonchev–Trinajstić information content (AvgIpc) is 2.64. The minimum Gasteiger partial charge on any atom is -0.371 e. The number of hydrogen-bond donors (Lipinski definition) is 1. The number of aromatic nitrogens is 3. The molecule has 0 radical (unpaired) electrons. The Balaban J connectivity index is 1.61. The molecular weight excluding hydrogens is 326 g/mol. The Bertz CT molecular complexity index is 891. The fraction of sp³-hybridized carbons (Fsp3) is 0.278. The van der Waals surface area contributed by atoms with Crippen LogP contribution in [0.4, 0.5) is 14.6 Å². The Labute approximate surface area is 143 Å². The predicted octanol–water partition coefficient (Wildman–Crippen LogP) is 3.64. The summed E-state index contributed by atoms with van der Waals surface area (Å²) in [5.41, 5.74) is 1.66. The number of benzene rings is 1. The molecule has 3 heterocycles. The molecule has 0 saturated carbocycles. The van der Waals surface area contributed by atoms with Gasteiger partial charge in [-0.2, -0.15) is 0 Å². The molecule has 2 atom stereocenters. The lowest BCUT2D eigenvalue weighted by molar-refractivity contribution is 0.00551. The van der Waals surface area contributed by atoms with E-state index in [-0.39, 0.29) is 12.1 Å². The zero-order chi connectivity index (χ0) is 17.2. The second-order valence-corrected chi connectivity index (χ2v) is 5.98. The lowest BCUT2D eigenvalue weighted by atomic mass is 9.97. The van der Waals surface area contributed by atoms with E-state index in [2.05, 4.69) is 20.3 Å². The van der Waals surface area contributed by atoms with Gasteiger partial charge in [-0.1, -0.05) is 0 Å². The van der Waals surface area contributed by atoms with E-state index in [1.54, 1.807) is 12.4 Å². The molecule has 25 heavy (non-hydrogen) atoms. The first-order valence-corrected chi connectivity index (χ1v) is 8.10. The molecule has 0 bridgehead atoms. The zero-order valence-corrected chi connectivity index (χ0v) is 13.3. The predicted molar refractivity (Wildman–Crippen MR) is 89.0 cm³/mol. The van der Waals surface area contributed by atoms with E-state index in [4.69, 9.17) is 4.74 Å². The summed E-state index contributed by atoms with van der Waals surface area (Å²) in [6.07, 6.45) is 6.71. The number of anilines is 1. The summed E-state index contributed by atoms with van der Waals surface area (Å²) < 4.78 is 32.6. The highest BCUT2D eigenvalue weighted by atomic mass is 19.2. The Morgan fingerprint density at radius 1 is 1.08 bits per heavy atom. The lowest BCUT2D eigenvalue weighted by Crippen LogP contribution is -2.34. The van der Waals surface area contributed by atoms with Gasteiger partial charge in [0.05, 0.1) is 23.3 Å². The van der Waals surface area contributed by atoms with E-state index in [0.29, 0.717) is 23.5 Å². The van der Waals surface area contributed by atoms with Crippen LogP contribution in [0.3, 0.4) is 0 Å². The molecule has 1 saturated heterocycles. The van der Waals surface area contributed by atoms with Gasteiger partial charge in [-0.05, 0) is 30.5 Å². The number of ether oxygens (including phenoxy) is 1. The van der Waals surface area contributed by atoms with Crippen molar-refractivity contribution in [3.8, 4) is 0 Å². The monoisotopic (exact) mass is 342 g/mol. The fourth-order valence-corrected chi connectivity index (χ4v) is 3.08. The Hall–Kier alpha value is -2.67. The maximum absolute atomic E-state index is 13.4. The summed E-state index contributed by atoms with van der Waals surface area (Å²) in [5, 5.41) is 3.32. The van der Waals surface area contributed by atoms with Crippen LogP contribution in [0.15, 0.2) is 42.9 Å². The summed E-state index contributed by atoms with van der Waals surface area (Å²) in [6.45, 7) is 0.694. The van der Waals surface area contributed by atoms with E-state index in [0.717, 1.165) is 30.5 Å². The minimum absolute atomic E-state index is 0.00759. The van der Waals surface area contributed by atoms with Gasteiger partial charge >= 0.3 is 0 Å². The van der Waals surface area contributed by atoms with Crippen molar-refractivity contribution in [3.63, 3.8) is 0 Å². The Kier molecular flexibility index (Phi) is 4.23. The molecule has 7 heteroatoms. The standard InChI is InChI=1S/C18H16F2N4O/c19-12-8-15-16(9-13(12)20)24-17(10-22-15)23-14-2-1-7-25-18(14)11-3-5-21-6-4-11/h3-6,8-10,14,18H,1-2,7H2,(H,23,24)/t14-,18+/m0/s1. The summed E-state index contributed by atoms with van der Waals surface area (Å²) in [7, 11) is 0. The molecule has 0 spiro atoms. The molecule has 1 aliphatic heterocycles. The van der Waals surface area contributed by atoms with Crippen molar-refractivity contribution in [1.29, 1.82) is 0 Å². The van der Waals surface area contributed by atoms with Gasteiger partial charge in [0.1, 0.15) is 11.9 Å². The summed E-state index contributed by atoms with van der Waals surface area (Å²) in [4.78, 5) is 12.5. The molecule has 0 unspecified atom stereocenters. The quantitative estimate of drug-likeness (QED) is 0.787. The maximum atomic E-state index is 13.4. The molecule has 1 N–H and O–H groups in total. The van der Waals surface area contributed by atoms with E-state index in [1.165, 1.54) is 6.20 Å². The Morgan fingerprint density at radius 3 is 2.64 bits per heavy atom. The van der Waals surface area contributed by atoms with Gasteiger partial charge in [0.15, 0.2) is 11.6 Å². The van der Waals surface area contributed by atoms with Crippen LogP contribution in [-0.2, 0) is 4.74 Å². The number of nitrogens with one attached hydrogen (secondary N) is 1. The van der Waals surface area contributed by atoms with Crippen molar-refractivity contribution in [1.82, 2.24) is 15.0 Å². The van der Waals surface area contributed by atoms with Crippen molar-refractivity contribution in [2.24, 2.45) is 0 Å². The number of nitrogens with zero attached hydrogens (tertiary/aromatic N) is 3. The van der Waals surface area contributed by atoms with Gasteiger partial charge in [-0.25, -0.2) is 13.8 Å². The molecule has 128 valence electrons. The molecule has 2 aromatic heterocycles. The number of rotatable bonds is 3. The van der Waals surface area contributed by atoms with Gasteiger partial charge < -0.3 is 10.1 Å². The summed E-state index contributed by atoms with van der Waals surface area (Å²) >= 11 is 0. The SMILES string of the molecule is Fc1cc2ncc(N[C@H]3CCCO[C@@H]3c3ccncc3)nc2cc1F. The largest absolute Gasteiger partial charge is 0.371 e. The zero-order valence-electron chi connectivity index (χ0n) is 13.3. The highest BCUT2D eigenvalue weighted by Crippen LogP contribution is 2.30. The van der Waals surface area contributed by atoms with Crippen LogP contribution < -0.4 is 5.32 Å². The first kappa shape index (κ1) is 15.8. The van der Waals surface area contributed by atoms with Crippen LogP contribution in [0.2, 0.25) is 0 Å². The molecular formula is C18H16F2N4O. The molecule has 3 aromatic rings. The van der Waals surface area contributed by atoms with Crippen molar-refractivity contribution in [2.75, 3.05) is 11.9 Å². The third-order valence-electron chi connectivity index (χ3n) is 4.27. The van der Waals surface area contributed by atoms with Crippen LogP contribution in [-0.4, -0.2) is 27.6 Å². The molecule has 1 aliphatic rings. The molecule has 4 rings (SSSR count). The van der Waals surface area contributed by atoms with E-state index in [1.807, 2.05) is 12.1 Å². The number of hydrogen-bond acceptors (Lipinski definition) is 5. The normalized spacial score (nSPS) is 20.6. The van der Waals surface area contributed by atoms with Crippen molar-refractivity contribution in [3.05, 3.63) is 60.1 Å². The number of halogens is 2. The average molecular weight is 342 g/mol. The molecule has 0 amide bonds. The molecule has 1 fully saturated rings. The minimum atomic E-state index is -0.936. The summed E-state index contributed by atoms with van der Waals surface area (Å²) in [6, 6.07) is 5.96. The molecule has 1 aromatic carbocycles. The van der Waals surface area contributed by atoms with Gasteiger partial charge in [0.2, 0.25) is 0 Å². The maximum Gasteiger partial charge on any atom is 0.161 e. The fourth-order valence-electron chi connectivity index (χ4n) is 3.08. The molecule has 0 aliphatic carbocycles. The van der Waals surface area contributed by atoms with E-state index in [9.17, 15) is 8.78 Å². The summed E-state index contributed by atoms with van der Waals surface area (Å²) in [5.74, 6) is -1.36. The first-order chi connectivity index (χ1) is 12.2. The van der Waals surface area contributed by atoms with Crippen LogP contribution >= 0.6 is 0 Å². The number of fused-ring (bicyclic) bond motifs is 1. The van der Waals surface area contributed by atoms with Gasteiger partial charge in [-0.3, -0.25) is 9.97 Å². The van der Waals surface area contributed by atoms with Gasteiger partial charge in [0.25, 0.3) is 0 Å². The topological polar surface area (TPSA) is 59.9 Å². The van der Waals surface area contributed by atoms with E-state index < -0.39 is 11.6 Å². The first-order valence-electron chi connectivity index (χ1n) is 8.10. The van der Waals surface area contributed by atoms with E-state index >= 15 is 0 Å². The second kappa shape index (κ2) is 6.68. The Morgan fingerprint density at radius 2 is 1.84 bits per heavy atom. The van der Waals surface area contributed by atoms with Gasteiger partial charge in [-0.15, -0.1) is 0 Å². The molecule has 5 nitrogen and oxygen atoms in total. The van der Waals surface area contributed by atoms with Crippen LogP contribution in [0.25, 0.3) is 11.0 Å². The van der Waals surface area contributed by atoms with Crippen LogP contribution in [0.5, 0.6) is 0 Å². The van der Waals surface area contributed by atoms with Crippen molar-refractivity contribution in [2.45, 2.75) is 25.0 Å². The van der Waals surface area contributed by atoms with Crippen molar-refractivity contribution < 1.29 is 13.5 Å². The third-order valence-corrected chi connectivity index (χ3v) is 4.27. The lowest BCUT2D eigenvalue weighted by Gasteiger charge is -2.32. The highest BCUT2D eigenvalue weighted by molar-refractivity contribution is 5.75. The van der Waals surface area contributed by atoms with Crippen LogP contribution in [0, 0.1) is 11.6 Å². The van der Waals surface area contributed by atoms with Gasteiger partial charge in [0, 0.05) is 31.1 Å². The smallest absolute Gasteiger partial charge is 0.161 e. The van der Waals surface area contributed by atoms with Crippen LogP contribution in [0.1, 0.15) is 24.5 Å². The second-order valence-electron chi connectivity index (χ2n) is 5.98. The number of pyridine rings is 1. The third kappa shape index (κ3) is 3.28. The highest BCUT2D eigenvalue weighted by Gasteiger charge is 2.27.